The summed E-state index contributed by atoms with van der Waals surface area (Å²) in [4.78, 5) is 11.6. The van der Waals surface area contributed by atoms with Crippen LogP contribution >= 0.6 is 0 Å². The molecule has 1 aliphatic rings. The van der Waals surface area contributed by atoms with Crippen molar-refractivity contribution in [2.75, 3.05) is 13.7 Å². The van der Waals surface area contributed by atoms with Gasteiger partial charge in [0.1, 0.15) is 11.3 Å². The van der Waals surface area contributed by atoms with Crippen LogP contribution in [-0.2, 0) is 17.6 Å². The van der Waals surface area contributed by atoms with Crippen LogP contribution in [0.25, 0.3) is 0 Å². The fourth-order valence-corrected chi connectivity index (χ4v) is 2.58. The summed E-state index contributed by atoms with van der Waals surface area (Å²) in [5.74, 6) is -0.0357. The van der Waals surface area contributed by atoms with Crippen molar-refractivity contribution < 1.29 is 14.6 Å². The number of aliphatic carboxylic acids is 1. The predicted octanol–water partition coefficient (Wildman–Crippen LogP) is 1.78. The molecule has 0 amide bonds. The summed E-state index contributed by atoms with van der Waals surface area (Å²) < 4.78 is 5.21. The van der Waals surface area contributed by atoms with Crippen LogP contribution in [0, 0.1) is 0 Å². The zero-order valence-corrected chi connectivity index (χ0v) is 11.1. The third-order valence-electron chi connectivity index (χ3n) is 3.72. The Morgan fingerprint density at radius 3 is 3.00 bits per heavy atom. The second kappa shape index (κ2) is 5.45. The van der Waals surface area contributed by atoms with E-state index in [0.29, 0.717) is 19.4 Å². The molecule has 1 aliphatic carbocycles. The largest absolute Gasteiger partial charge is 0.497 e. The molecule has 0 radical (unpaired) electrons. The normalized spacial score (nSPS) is 21.5. The molecule has 1 aromatic rings. The molecule has 0 bridgehead atoms. The van der Waals surface area contributed by atoms with Crippen LogP contribution in [0.2, 0.25) is 0 Å². The van der Waals surface area contributed by atoms with Crippen molar-refractivity contribution >= 4 is 5.97 Å². The van der Waals surface area contributed by atoms with E-state index in [-0.39, 0.29) is 0 Å². The summed E-state index contributed by atoms with van der Waals surface area (Å²) in [5.41, 5.74) is 1.36. The lowest BCUT2D eigenvalue weighted by molar-refractivity contribution is -0.145. The van der Waals surface area contributed by atoms with E-state index < -0.39 is 11.5 Å². The van der Waals surface area contributed by atoms with Crippen LogP contribution in [0.4, 0.5) is 0 Å². The van der Waals surface area contributed by atoms with E-state index in [4.69, 9.17) is 4.74 Å². The molecule has 0 heterocycles. The molecular formula is C15H19NO3. The Hall–Kier alpha value is -1.81. The number of carboxylic acids is 1. The summed E-state index contributed by atoms with van der Waals surface area (Å²) in [6, 6.07) is 5.87. The molecule has 1 aromatic carbocycles. The zero-order chi connectivity index (χ0) is 13.9. The van der Waals surface area contributed by atoms with Crippen molar-refractivity contribution in [3.8, 4) is 5.75 Å². The predicted molar refractivity (Wildman–Crippen MR) is 73.6 cm³/mol. The second-order valence-electron chi connectivity index (χ2n) is 4.87. The SMILES string of the molecule is C=CCNC1(C(=O)O)CCc2ccc(OC)cc2C1. The van der Waals surface area contributed by atoms with Gasteiger partial charge in [-0.3, -0.25) is 10.1 Å². The van der Waals surface area contributed by atoms with Gasteiger partial charge in [0.2, 0.25) is 0 Å². The first-order valence-electron chi connectivity index (χ1n) is 6.36. The Labute approximate surface area is 113 Å². The number of methoxy groups -OCH3 is 1. The first-order valence-corrected chi connectivity index (χ1v) is 6.36. The molecule has 4 nitrogen and oxygen atoms in total. The number of nitrogens with one attached hydrogen (secondary N) is 1. The van der Waals surface area contributed by atoms with Crippen LogP contribution in [0.5, 0.6) is 5.75 Å². The molecule has 0 saturated carbocycles. The van der Waals surface area contributed by atoms with Gasteiger partial charge in [0.15, 0.2) is 0 Å². The van der Waals surface area contributed by atoms with Crippen LogP contribution in [-0.4, -0.2) is 30.3 Å². The number of rotatable bonds is 5. The van der Waals surface area contributed by atoms with E-state index in [1.54, 1.807) is 13.2 Å². The number of ether oxygens (including phenoxy) is 1. The Balaban J connectivity index is 2.31. The van der Waals surface area contributed by atoms with Crippen molar-refractivity contribution in [3.05, 3.63) is 42.0 Å². The van der Waals surface area contributed by atoms with Gasteiger partial charge in [0, 0.05) is 13.0 Å². The maximum Gasteiger partial charge on any atom is 0.324 e. The Kier molecular flexibility index (Phi) is 3.90. The van der Waals surface area contributed by atoms with E-state index >= 15 is 0 Å². The van der Waals surface area contributed by atoms with E-state index in [9.17, 15) is 9.90 Å². The number of hydrogen-bond acceptors (Lipinski definition) is 3. The molecule has 0 aromatic heterocycles. The van der Waals surface area contributed by atoms with E-state index in [2.05, 4.69) is 11.9 Å². The quantitative estimate of drug-likeness (QED) is 0.793. The van der Waals surface area contributed by atoms with Crippen LogP contribution in [0.15, 0.2) is 30.9 Å². The summed E-state index contributed by atoms with van der Waals surface area (Å²) in [5, 5.41) is 12.6. The standard InChI is InChI=1S/C15H19NO3/c1-3-8-16-15(14(17)18)7-6-11-4-5-13(19-2)9-12(11)10-15/h3-5,9,16H,1,6-8,10H2,2H3,(H,17,18). The first-order chi connectivity index (χ1) is 9.11. The smallest absolute Gasteiger partial charge is 0.324 e. The molecule has 0 spiro atoms. The van der Waals surface area contributed by atoms with Gasteiger partial charge in [-0.2, -0.15) is 0 Å². The fraction of sp³-hybridized carbons (Fsp3) is 0.400. The first kappa shape index (κ1) is 13.6. The lowest BCUT2D eigenvalue weighted by Crippen LogP contribution is -2.55. The molecule has 102 valence electrons. The highest BCUT2D eigenvalue weighted by molar-refractivity contribution is 5.80. The Bertz CT molecular complexity index is 498. The number of benzene rings is 1. The maximum absolute atomic E-state index is 11.6. The molecule has 4 heteroatoms. The van der Waals surface area contributed by atoms with E-state index in [1.165, 1.54) is 5.56 Å². The van der Waals surface area contributed by atoms with Crippen molar-refractivity contribution in [1.29, 1.82) is 0 Å². The van der Waals surface area contributed by atoms with Gasteiger partial charge in [0.25, 0.3) is 0 Å². The summed E-state index contributed by atoms with van der Waals surface area (Å²) >= 11 is 0. The zero-order valence-electron chi connectivity index (χ0n) is 11.1. The third kappa shape index (κ3) is 2.63. The molecule has 0 saturated heterocycles. The highest BCUT2D eigenvalue weighted by atomic mass is 16.5. The summed E-state index contributed by atoms with van der Waals surface area (Å²) in [6.07, 6.45) is 3.51. The summed E-state index contributed by atoms with van der Waals surface area (Å²) in [6.45, 7) is 4.12. The van der Waals surface area contributed by atoms with Gasteiger partial charge in [-0.15, -0.1) is 6.58 Å². The van der Waals surface area contributed by atoms with Gasteiger partial charge in [0.05, 0.1) is 7.11 Å². The number of fused-ring (bicyclic) bond motifs is 1. The van der Waals surface area contributed by atoms with Crippen LogP contribution < -0.4 is 10.1 Å². The highest BCUT2D eigenvalue weighted by Crippen LogP contribution is 2.31. The van der Waals surface area contributed by atoms with E-state index in [0.717, 1.165) is 17.7 Å². The topological polar surface area (TPSA) is 58.6 Å². The van der Waals surface area contributed by atoms with Gasteiger partial charge >= 0.3 is 5.97 Å². The lowest BCUT2D eigenvalue weighted by atomic mass is 9.78. The molecule has 2 rings (SSSR count). The summed E-state index contributed by atoms with van der Waals surface area (Å²) in [7, 11) is 1.62. The van der Waals surface area contributed by atoms with Crippen LogP contribution in [0.3, 0.4) is 0 Å². The maximum atomic E-state index is 11.6. The van der Waals surface area contributed by atoms with Crippen molar-refractivity contribution in [2.24, 2.45) is 0 Å². The molecule has 0 fully saturated rings. The Morgan fingerprint density at radius 1 is 1.58 bits per heavy atom. The number of carboxylic acid groups (broad SMARTS) is 1. The molecule has 2 N–H and O–H groups in total. The molecule has 19 heavy (non-hydrogen) atoms. The molecule has 0 aliphatic heterocycles. The average Bonchev–Trinajstić information content (AvgIpc) is 2.43. The minimum Gasteiger partial charge on any atom is -0.497 e. The molecule has 1 unspecified atom stereocenters. The molecule has 1 atom stereocenters. The Morgan fingerprint density at radius 2 is 2.37 bits per heavy atom. The average molecular weight is 261 g/mol. The fourth-order valence-electron chi connectivity index (χ4n) is 2.58. The van der Waals surface area contributed by atoms with Gasteiger partial charge in [-0.25, -0.2) is 0 Å². The monoisotopic (exact) mass is 261 g/mol. The third-order valence-corrected chi connectivity index (χ3v) is 3.72. The van der Waals surface area contributed by atoms with Crippen molar-refractivity contribution in [2.45, 2.75) is 24.8 Å². The van der Waals surface area contributed by atoms with Gasteiger partial charge in [-0.1, -0.05) is 12.1 Å². The van der Waals surface area contributed by atoms with Crippen molar-refractivity contribution in [3.63, 3.8) is 0 Å². The second-order valence-corrected chi connectivity index (χ2v) is 4.87. The van der Waals surface area contributed by atoms with Crippen molar-refractivity contribution in [1.82, 2.24) is 5.32 Å². The lowest BCUT2D eigenvalue weighted by Gasteiger charge is -2.35. The minimum absolute atomic E-state index is 0.475. The van der Waals surface area contributed by atoms with Gasteiger partial charge < -0.3 is 9.84 Å². The van der Waals surface area contributed by atoms with Crippen LogP contribution in [0.1, 0.15) is 17.5 Å². The van der Waals surface area contributed by atoms with E-state index in [1.807, 2.05) is 18.2 Å². The number of hydrogen-bond donors (Lipinski definition) is 2. The number of aryl methyl sites for hydroxylation is 1. The molecular weight excluding hydrogens is 242 g/mol. The number of carbonyl (C=O) groups is 1. The van der Waals surface area contributed by atoms with Gasteiger partial charge in [-0.05, 0) is 36.1 Å². The highest BCUT2D eigenvalue weighted by Gasteiger charge is 2.40. The minimum atomic E-state index is -0.895.